The molecule has 94 valence electrons. The molecule has 1 aromatic carbocycles. The second-order valence-electron chi connectivity index (χ2n) is 4.05. The Bertz CT molecular complexity index is 575. The molecule has 0 saturated heterocycles. The van der Waals surface area contributed by atoms with Crippen molar-refractivity contribution in [3.8, 4) is 5.69 Å². The van der Waals surface area contributed by atoms with E-state index in [-0.39, 0.29) is 0 Å². The number of carbonyl (C=O) groups excluding carboxylic acids is 1. The molecule has 0 saturated carbocycles. The summed E-state index contributed by atoms with van der Waals surface area (Å²) in [5.74, 6) is -0.536. The van der Waals surface area contributed by atoms with E-state index < -0.39 is 5.91 Å². The molecule has 1 heterocycles. The number of aryl methyl sites for hydroxylation is 1. The standard InChI is InChI=1S/C13H15N3O2/c1-3-12-11(13(17)15-18)8-14-16(12)10-6-4-5-9(2)7-10/h4-8,18H,3H2,1-2H3,(H,15,17). The predicted molar refractivity (Wildman–Crippen MR) is 66.9 cm³/mol. The van der Waals surface area contributed by atoms with Gasteiger partial charge in [-0.1, -0.05) is 19.1 Å². The van der Waals surface area contributed by atoms with Crippen LogP contribution in [0.15, 0.2) is 30.5 Å². The van der Waals surface area contributed by atoms with Crippen LogP contribution in [0.4, 0.5) is 0 Å². The van der Waals surface area contributed by atoms with Crippen LogP contribution >= 0.6 is 0 Å². The van der Waals surface area contributed by atoms with Crippen LogP contribution in [-0.4, -0.2) is 20.9 Å². The molecule has 1 amide bonds. The van der Waals surface area contributed by atoms with Crippen LogP contribution in [0, 0.1) is 6.92 Å². The minimum absolute atomic E-state index is 0.390. The fourth-order valence-electron chi connectivity index (χ4n) is 1.95. The topological polar surface area (TPSA) is 67.2 Å². The highest BCUT2D eigenvalue weighted by Crippen LogP contribution is 2.16. The molecule has 0 bridgehead atoms. The van der Waals surface area contributed by atoms with Gasteiger partial charge in [-0.2, -0.15) is 5.10 Å². The van der Waals surface area contributed by atoms with E-state index in [1.54, 1.807) is 10.2 Å². The van der Waals surface area contributed by atoms with E-state index in [4.69, 9.17) is 5.21 Å². The van der Waals surface area contributed by atoms with E-state index in [0.717, 1.165) is 16.9 Å². The van der Waals surface area contributed by atoms with Crippen molar-refractivity contribution in [2.45, 2.75) is 20.3 Å². The minimum Gasteiger partial charge on any atom is -0.288 e. The minimum atomic E-state index is -0.536. The molecule has 5 nitrogen and oxygen atoms in total. The van der Waals surface area contributed by atoms with E-state index in [9.17, 15) is 4.79 Å². The van der Waals surface area contributed by atoms with Crippen molar-refractivity contribution in [3.63, 3.8) is 0 Å². The number of amides is 1. The summed E-state index contributed by atoms with van der Waals surface area (Å²) in [4.78, 5) is 11.5. The highest BCUT2D eigenvalue weighted by molar-refractivity contribution is 5.94. The van der Waals surface area contributed by atoms with Crippen molar-refractivity contribution in [1.29, 1.82) is 0 Å². The Labute approximate surface area is 105 Å². The Morgan fingerprint density at radius 1 is 1.50 bits per heavy atom. The van der Waals surface area contributed by atoms with E-state index in [1.165, 1.54) is 6.20 Å². The summed E-state index contributed by atoms with van der Waals surface area (Å²) < 4.78 is 1.72. The number of hydrogen-bond acceptors (Lipinski definition) is 3. The van der Waals surface area contributed by atoms with Crippen LogP contribution < -0.4 is 5.48 Å². The molecular formula is C13H15N3O2. The number of aromatic nitrogens is 2. The summed E-state index contributed by atoms with van der Waals surface area (Å²) in [6.45, 7) is 3.94. The highest BCUT2D eigenvalue weighted by atomic mass is 16.5. The molecule has 0 fully saturated rings. The van der Waals surface area contributed by atoms with E-state index in [2.05, 4.69) is 5.10 Å². The average Bonchev–Trinajstić information content (AvgIpc) is 2.81. The third kappa shape index (κ3) is 2.12. The lowest BCUT2D eigenvalue weighted by Gasteiger charge is -2.07. The Morgan fingerprint density at radius 3 is 2.89 bits per heavy atom. The van der Waals surface area contributed by atoms with Gasteiger partial charge in [0.2, 0.25) is 0 Å². The van der Waals surface area contributed by atoms with Crippen molar-refractivity contribution in [2.24, 2.45) is 0 Å². The lowest BCUT2D eigenvalue weighted by atomic mass is 10.2. The van der Waals surface area contributed by atoms with Gasteiger partial charge in [-0.05, 0) is 31.0 Å². The molecule has 0 atom stereocenters. The molecule has 0 radical (unpaired) electrons. The second-order valence-corrected chi connectivity index (χ2v) is 4.05. The summed E-state index contributed by atoms with van der Waals surface area (Å²) in [6.07, 6.45) is 2.11. The molecule has 2 N–H and O–H groups in total. The van der Waals surface area contributed by atoms with Crippen molar-refractivity contribution in [2.75, 3.05) is 0 Å². The molecule has 5 heteroatoms. The zero-order valence-corrected chi connectivity index (χ0v) is 10.3. The molecule has 18 heavy (non-hydrogen) atoms. The summed E-state index contributed by atoms with van der Waals surface area (Å²) in [7, 11) is 0. The Hall–Kier alpha value is -2.14. The lowest BCUT2D eigenvalue weighted by Crippen LogP contribution is -2.20. The zero-order chi connectivity index (χ0) is 13.1. The summed E-state index contributed by atoms with van der Waals surface area (Å²) in [6, 6.07) is 7.87. The Kier molecular flexibility index (Phi) is 3.43. The first-order chi connectivity index (χ1) is 8.67. The van der Waals surface area contributed by atoms with Gasteiger partial charge in [-0.15, -0.1) is 0 Å². The van der Waals surface area contributed by atoms with Gasteiger partial charge in [0.05, 0.1) is 23.1 Å². The van der Waals surface area contributed by atoms with Crippen LogP contribution in [0.5, 0.6) is 0 Å². The molecule has 0 aliphatic heterocycles. The zero-order valence-electron chi connectivity index (χ0n) is 10.3. The maximum absolute atomic E-state index is 11.5. The molecule has 0 unspecified atom stereocenters. The number of rotatable bonds is 3. The van der Waals surface area contributed by atoms with Crippen LogP contribution in [0.2, 0.25) is 0 Å². The number of benzene rings is 1. The first kappa shape index (κ1) is 12.3. The maximum Gasteiger partial charge on any atom is 0.278 e. The molecule has 0 spiro atoms. The van der Waals surface area contributed by atoms with Crippen molar-refractivity contribution >= 4 is 5.91 Å². The van der Waals surface area contributed by atoms with Gasteiger partial charge < -0.3 is 0 Å². The van der Waals surface area contributed by atoms with E-state index in [1.807, 2.05) is 38.1 Å². The SMILES string of the molecule is CCc1c(C(=O)NO)cnn1-c1cccc(C)c1. The van der Waals surface area contributed by atoms with Gasteiger partial charge in [0.15, 0.2) is 0 Å². The van der Waals surface area contributed by atoms with Crippen LogP contribution in [0.3, 0.4) is 0 Å². The first-order valence-corrected chi connectivity index (χ1v) is 5.75. The number of nitrogens with one attached hydrogen (secondary N) is 1. The van der Waals surface area contributed by atoms with E-state index in [0.29, 0.717) is 12.0 Å². The molecule has 2 aromatic rings. The molecular weight excluding hydrogens is 230 g/mol. The predicted octanol–water partition coefficient (Wildman–Crippen LogP) is 1.86. The van der Waals surface area contributed by atoms with Crippen molar-refractivity contribution in [3.05, 3.63) is 47.3 Å². The fraction of sp³-hybridized carbons (Fsp3) is 0.231. The monoisotopic (exact) mass is 245 g/mol. The fourth-order valence-corrected chi connectivity index (χ4v) is 1.95. The van der Waals surface area contributed by atoms with E-state index >= 15 is 0 Å². The summed E-state index contributed by atoms with van der Waals surface area (Å²) >= 11 is 0. The van der Waals surface area contributed by atoms with Crippen LogP contribution in [0.25, 0.3) is 5.69 Å². The summed E-state index contributed by atoms with van der Waals surface area (Å²) in [5, 5.41) is 12.9. The highest BCUT2D eigenvalue weighted by Gasteiger charge is 2.16. The van der Waals surface area contributed by atoms with Gasteiger partial charge in [0.25, 0.3) is 5.91 Å². The molecule has 2 rings (SSSR count). The Balaban J connectivity index is 2.52. The van der Waals surface area contributed by atoms with Gasteiger partial charge in [-0.25, -0.2) is 10.2 Å². The normalized spacial score (nSPS) is 10.4. The van der Waals surface area contributed by atoms with Gasteiger partial charge in [0, 0.05) is 0 Å². The molecule has 1 aromatic heterocycles. The molecule has 0 aliphatic rings. The van der Waals surface area contributed by atoms with Crippen molar-refractivity contribution < 1.29 is 10.0 Å². The van der Waals surface area contributed by atoms with Crippen molar-refractivity contribution in [1.82, 2.24) is 15.3 Å². The quantitative estimate of drug-likeness (QED) is 0.640. The van der Waals surface area contributed by atoms with Crippen LogP contribution in [0.1, 0.15) is 28.5 Å². The van der Waals surface area contributed by atoms with Crippen LogP contribution in [-0.2, 0) is 6.42 Å². The lowest BCUT2D eigenvalue weighted by molar-refractivity contribution is 0.0705. The van der Waals surface area contributed by atoms with Gasteiger partial charge in [0.1, 0.15) is 0 Å². The average molecular weight is 245 g/mol. The smallest absolute Gasteiger partial charge is 0.278 e. The maximum atomic E-state index is 11.5. The largest absolute Gasteiger partial charge is 0.288 e. The number of carbonyl (C=O) groups is 1. The Morgan fingerprint density at radius 2 is 2.28 bits per heavy atom. The first-order valence-electron chi connectivity index (χ1n) is 5.75. The van der Waals surface area contributed by atoms with Gasteiger partial charge >= 0.3 is 0 Å². The summed E-state index contributed by atoms with van der Waals surface area (Å²) in [5.41, 5.74) is 4.83. The number of hydroxylamine groups is 1. The third-order valence-corrected chi connectivity index (χ3v) is 2.80. The third-order valence-electron chi connectivity index (χ3n) is 2.80. The number of hydrogen-bond donors (Lipinski definition) is 2. The number of nitrogens with zero attached hydrogens (tertiary/aromatic N) is 2. The molecule has 0 aliphatic carbocycles. The van der Waals surface area contributed by atoms with Gasteiger partial charge in [-0.3, -0.25) is 10.0 Å². The second kappa shape index (κ2) is 5.01.